The molecule has 1 heterocycles. The van der Waals surface area contributed by atoms with Gasteiger partial charge in [-0.2, -0.15) is 0 Å². The van der Waals surface area contributed by atoms with Gasteiger partial charge in [0.2, 0.25) is 0 Å². The van der Waals surface area contributed by atoms with E-state index in [1.807, 2.05) is 69.3 Å². The van der Waals surface area contributed by atoms with Gasteiger partial charge in [-0.1, -0.05) is 42.5 Å². The molecule has 0 spiro atoms. The Morgan fingerprint density at radius 3 is 2.40 bits per heavy atom. The van der Waals surface area contributed by atoms with Crippen LogP contribution in [0.4, 0.5) is 0 Å². The summed E-state index contributed by atoms with van der Waals surface area (Å²) in [4.78, 5) is 29.8. The minimum atomic E-state index is -1.01. The zero-order valence-electron chi connectivity index (χ0n) is 20.7. The summed E-state index contributed by atoms with van der Waals surface area (Å²) in [5.41, 5.74) is 3.20. The monoisotopic (exact) mass is 496 g/mol. The lowest BCUT2D eigenvalue weighted by Crippen LogP contribution is -2.29. The lowest BCUT2D eigenvalue weighted by molar-refractivity contribution is -0.153. The molecule has 2 aromatic carbocycles. The van der Waals surface area contributed by atoms with Crippen molar-refractivity contribution in [1.29, 1.82) is 0 Å². The average molecular weight is 497 g/mol. The second-order valence-electron chi connectivity index (χ2n) is 8.81. The summed E-state index contributed by atoms with van der Waals surface area (Å²) in [6.07, 6.45) is -0.999. The third kappa shape index (κ3) is 7.37. The summed E-state index contributed by atoms with van der Waals surface area (Å²) < 4.78 is 11.5. The molecule has 1 atom stereocenters. The van der Waals surface area contributed by atoms with Gasteiger partial charge in [0.1, 0.15) is 15.6 Å². The lowest BCUT2D eigenvalue weighted by atomic mass is 10.0. The fourth-order valence-corrected chi connectivity index (χ4v) is 4.56. The molecule has 7 nitrogen and oxygen atoms in total. The number of aryl methyl sites for hydroxylation is 1. The van der Waals surface area contributed by atoms with Crippen LogP contribution in [0.2, 0.25) is 0 Å². The first-order valence-corrected chi connectivity index (χ1v) is 12.4. The highest BCUT2D eigenvalue weighted by molar-refractivity contribution is 7.17. The van der Waals surface area contributed by atoms with E-state index in [-0.39, 0.29) is 31.1 Å². The summed E-state index contributed by atoms with van der Waals surface area (Å²) in [6, 6.07) is 15.3. The highest BCUT2D eigenvalue weighted by Crippen LogP contribution is 2.28. The molecule has 35 heavy (non-hydrogen) atoms. The number of rotatable bonds is 11. The molecule has 8 heteroatoms. The number of aliphatic carboxylic acids is 1. The number of aromatic nitrogens is 1. The van der Waals surface area contributed by atoms with Gasteiger partial charge in [-0.25, -0.2) is 9.78 Å². The number of carboxylic acid groups (broad SMARTS) is 1. The van der Waals surface area contributed by atoms with Gasteiger partial charge in [0, 0.05) is 24.1 Å². The quantitative estimate of drug-likeness (QED) is 0.376. The van der Waals surface area contributed by atoms with Crippen LogP contribution < -0.4 is 10.1 Å². The maximum absolute atomic E-state index is 13.0. The number of amides is 1. The molecule has 3 aromatic rings. The smallest absolute Gasteiger partial charge is 0.333 e. The van der Waals surface area contributed by atoms with Gasteiger partial charge >= 0.3 is 5.97 Å². The van der Waals surface area contributed by atoms with E-state index in [9.17, 15) is 14.7 Å². The Morgan fingerprint density at radius 1 is 1.06 bits per heavy atom. The highest BCUT2D eigenvalue weighted by Gasteiger charge is 2.21. The fourth-order valence-electron chi connectivity index (χ4n) is 3.57. The first-order valence-electron chi connectivity index (χ1n) is 11.6. The number of nitrogens with one attached hydrogen (secondary N) is 1. The minimum absolute atomic E-state index is 0.0523. The number of thiazole rings is 1. The van der Waals surface area contributed by atoms with Crippen LogP contribution >= 0.6 is 11.3 Å². The molecule has 2 N–H and O–H groups in total. The number of nitrogens with zero attached hydrogens (tertiary/aromatic N) is 1. The Morgan fingerprint density at radius 2 is 1.77 bits per heavy atom. The van der Waals surface area contributed by atoms with Crippen molar-refractivity contribution in [2.45, 2.75) is 65.9 Å². The second kappa shape index (κ2) is 12.0. The molecular formula is C27H32N2O5S. The summed E-state index contributed by atoms with van der Waals surface area (Å²) in [7, 11) is 0. The van der Waals surface area contributed by atoms with Gasteiger partial charge in [-0.05, 0) is 46.2 Å². The second-order valence-corrected chi connectivity index (χ2v) is 9.81. The SMILES string of the molecule is Cc1nc(-c2ccccc2)sc1C(=O)NCc1cc(CC(OC(C)C)C(=O)O)ccc1OC(C)C. The number of carbonyl (C=O) groups is 2. The van der Waals surface area contributed by atoms with Gasteiger partial charge in [0.05, 0.1) is 17.9 Å². The normalized spacial score (nSPS) is 12.1. The van der Waals surface area contributed by atoms with Gasteiger partial charge in [0.15, 0.2) is 6.10 Å². The molecule has 0 saturated heterocycles. The average Bonchev–Trinajstić information content (AvgIpc) is 3.20. The van der Waals surface area contributed by atoms with Crippen LogP contribution in [0.15, 0.2) is 48.5 Å². The molecule has 0 fully saturated rings. The molecule has 0 bridgehead atoms. The van der Waals surface area contributed by atoms with Crippen molar-refractivity contribution in [3.05, 3.63) is 70.2 Å². The van der Waals surface area contributed by atoms with Gasteiger partial charge in [0.25, 0.3) is 5.91 Å². The van der Waals surface area contributed by atoms with Crippen LogP contribution in [0.1, 0.15) is 54.2 Å². The van der Waals surface area contributed by atoms with Crippen molar-refractivity contribution in [3.63, 3.8) is 0 Å². The van der Waals surface area contributed by atoms with Crippen molar-refractivity contribution in [3.8, 4) is 16.3 Å². The first-order chi connectivity index (χ1) is 16.6. The Labute approximate surface area is 210 Å². The van der Waals surface area contributed by atoms with Gasteiger partial charge in [-0.15, -0.1) is 11.3 Å². The molecule has 1 amide bonds. The number of carbonyl (C=O) groups excluding carboxylic acids is 1. The lowest BCUT2D eigenvalue weighted by Gasteiger charge is -2.19. The van der Waals surface area contributed by atoms with Crippen LogP contribution in [0.3, 0.4) is 0 Å². The Balaban J connectivity index is 1.79. The third-order valence-corrected chi connectivity index (χ3v) is 6.29. The number of hydrogen-bond donors (Lipinski definition) is 2. The van der Waals surface area contributed by atoms with E-state index in [1.165, 1.54) is 11.3 Å². The molecule has 0 aliphatic heterocycles. The number of hydrogen-bond acceptors (Lipinski definition) is 6. The molecule has 1 aromatic heterocycles. The van der Waals surface area contributed by atoms with Crippen LogP contribution in [-0.4, -0.2) is 40.3 Å². The van der Waals surface area contributed by atoms with Crippen LogP contribution in [0, 0.1) is 6.92 Å². The molecule has 1 unspecified atom stereocenters. The predicted octanol–water partition coefficient (Wildman–Crippen LogP) is 5.26. The molecular weight excluding hydrogens is 464 g/mol. The largest absolute Gasteiger partial charge is 0.491 e. The van der Waals surface area contributed by atoms with E-state index in [0.717, 1.165) is 21.7 Å². The number of carboxylic acids is 1. The fraction of sp³-hybridized carbons (Fsp3) is 0.370. The standard InChI is InChI=1S/C27H32N2O5S/c1-16(2)33-22-12-11-19(14-23(27(31)32)34-17(3)4)13-21(22)15-28-25(30)24-18(5)29-26(35-24)20-9-7-6-8-10-20/h6-13,16-17,23H,14-15H2,1-5H3,(H,28,30)(H,31,32). The van der Waals surface area contributed by atoms with Crippen LogP contribution in [0.25, 0.3) is 10.6 Å². The van der Waals surface area contributed by atoms with Crippen molar-refractivity contribution in [1.82, 2.24) is 10.3 Å². The van der Waals surface area contributed by atoms with Crippen molar-refractivity contribution < 1.29 is 24.2 Å². The van der Waals surface area contributed by atoms with Crippen LogP contribution in [0.5, 0.6) is 5.75 Å². The zero-order chi connectivity index (χ0) is 25.5. The Hall–Kier alpha value is -3.23. The van der Waals surface area contributed by atoms with Gasteiger partial charge < -0.3 is 19.9 Å². The van der Waals surface area contributed by atoms with E-state index < -0.39 is 12.1 Å². The Kier molecular flexibility index (Phi) is 9.01. The molecule has 0 aliphatic rings. The molecule has 0 aliphatic carbocycles. The van der Waals surface area contributed by atoms with Crippen molar-refractivity contribution >= 4 is 23.2 Å². The maximum atomic E-state index is 13.0. The first kappa shape index (κ1) is 26.4. The predicted molar refractivity (Wildman–Crippen MR) is 137 cm³/mol. The van der Waals surface area contributed by atoms with Crippen molar-refractivity contribution in [2.75, 3.05) is 0 Å². The molecule has 0 radical (unpaired) electrons. The summed E-state index contributed by atoms with van der Waals surface area (Å²) >= 11 is 1.35. The molecule has 0 saturated carbocycles. The molecule has 3 rings (SSSR count). The van der Waals surface area contributed by atoms with Crippen molar-refractivity contribution in [2.24, 2.45) is 0 Å². The summed E-state index contributed by atoms with van der Waals surface area (Å²) in [5.74, 6) is -0.577. The number of benzene rings is 2. The summed E-state index contributed by atoms with van der Waals surface area (Å²) in [6.45, 7) is 9.53. The topological polar surface area (TPSA) is 97.8 Å². The highest BCUT2D eigenvalue weighted by atomic mass is 32.1. The van der Waals surface area contributed by atoms with E-state index in [2.05, 4.69) is 10.3 Å². The Bertz CT molecular complexity index is 1160. The summed E-state index contributed by atoms with van der Waals surface area (Å²) in [5, 5.41) is 13.3. The van der Waals surface area contributed by atoms with E-state index in [1.54, 1.807) is 13.8 Å². The minimum Gasteiger partial charge on any atom is -0.491 e. The van der Waals surface area contributed by atoms with Crippen LogP contribution in [-0.2, 0) is 22.5 Å². The zero-order valence-corrected chi connectivity index (χ0v) is 21.5. The van der Waals surface area contributed by atoms with E-state index in [0.29, 0.717) is 16.3 Å². The third-order valence-electron chi connectivity index (χ3n) is 5.08. The maximum Gasteiger partial charge on any atom is 0.333 e. The number of ether oxygens (including phenoxy) is 2. The van der Waals surface area contributed by atoms with Gasteiger partial charge in [-0.3, -0.25) is 4.79 Å². The van der Waals surface area contributed by atoms with E-state index in [4.69, 9.17) is 9.47 Å². The molecule has 186 valence electrons. The van der Waals surface area contributed by atoms with E-state index >= 15 is 0 Å².